The Morgan fingerprint density at radius 1 is 1.03 bits per heavy atom. The standard InChI is InChI=1S/C24H39N5O3/c1-3-25-24(29-12-10-22(11-13-29)32-19-7-18-31-2)26-20-23(30)28-16-14-27(15-17-28)21-8-5-4-6-9-21/h4-6,8-9,22H,3,7,10-20H2,1-2H3,(H,25,26). The van der Waals surface area contributed by atoms with Gasteiger partial charge in [-0.3, -0.25) is 4.79 Å². The lowest BCUT2D eigenvalue weighted by atomic mass is 10.1. The van der Waals surface area contributed by atoms with Gasteiger partial charge in [-0.15, -0.1) is 0 Å². The maximum absolute atomic E-state index is 12.8. The quantitative estimate of drug-likeness (QED) is 0.355. The fourth-order valence-corrected chi connectivity index (χ4v) is 4.21. The molecule has 0 atom stereocenters. The van der Waals surface area contributed by atoms with Crippen molar-refractivity contribution in [2.75, 3.05) is 77.6 Å². The lowest BCUT2D eigenvalue weighted by molar-refractivity contribution is -0.129. The van der Waals surface area contributed by atoms with E-state index < -0.39 is 0 Å². The third-order valence-electron chi connectivity index (χ3n) is 6.04. The number of guanidine groups is 1. The van der Waals surface area contributed by atoms with Crippen LogP contribution < -0.4 is 10.2 Å². The molecule has 1 N–H and O–H groups in total. The first-order chi connectivity index (χ1) is 15.7. The highest BCUT2D eigenvalue weighted by Gasteiger charge is 2.24. The summed E-state index contributed by atoms with van der Waals surface area (Å²) in [5, 5.41) is 3.35. The van der Waals surface area contributed by atoms with Crippen molar-refractivity contribution in [1.82, 2.24) is 15.1 Å². The summed E-state index contributed by atoms with van der Waals surface area (Å²) in [6, 6.07) is 10.4. The molecule has 0 aromatic heterocycles. The van der Waals surface area contributed by atoms with Crippen LogP contribution in [0.4, 0.5) is 5.69 Å². The van der Waals surface area contributed by atoms with E-state index >= 15 is 0 Å². The Kier molecular flexibility index (Phi) is 10.1. The van der Waals surface area contributed by atoms with Gasteiger partial charge < -0.3 is 29.5 Å². The molecule has 178 valence electrons. The zero-order chi connectivity index (χ0) is 22.6. The molecule has 0 unspecified atom stereocenters. The van der Waals surface area contributed by atoms with E-state index in [2.05, 4.69) is 51.3 Å². The molecule has 2 aliphatic rings. The van der Waals surface area contributed by atoms with Crippen LogP contribution in [0.1, 0.15) is 26.2 Å². The smallest absolute Gasteiger partial charge is 0.244 e. The van der Waals surface area contributed by atoms with Crippen LogP contribution >= 0.6 is 0 Å². The van der Waals surface area contributed by atoms with Crippen molar-refractivity contribution in [2.45, 2.75) is 32.3 Å². The number of nitrogens with one attached hydrogen (secondary N) is 1. The first-order valence-corrected chi connectivity index (χ1v) is 11.9. The predicted octanol–water partition coefficient (Wildman–Crippen LogP) is 1.82. The van der Waals surface area contributed by atoms with E-state index in [1.54, 1.807) is 7.11 Å². The number of benzene rings is 1. The summed E-state index contributed by atoms with van der Waals surface area (Å²) in [5.41, 5.74) is 1.22. The van der Waals surface area contributed by atoms with Gasteiger partial charge in [-0.1, -0.05) is 18.2 Å². The predicted molar refractivity (Wildman–Crippen MR) is 128 cm³/mol. The van der Waals surface area contributed by atoms with Crippen LogP contribution in [0.2, 0.25) is 0 Å². The van der Waals surface area contributed by atoms with E-state index in [-0.39, 0.29) is 12.5 Å². The Labute approximate surface area is 192 Å². The molecular formula is C24H39N5O3. The largest absolute Gasteiger partial charge is 0.385 e. The minimum atomic E-state index is 0.101. The summed E-state index contributed by atoms with van der Waals surface area (Å²) in [7, 11) is 1.72. The van der Waals surface area contributed by atoms with E-state index in [0.29, 0.717) is 6.10 Å². The van der Waals surface area contributed by atoms with Crippen molar-refractivity contribution >= 4 is 17.6 Å². The van der Waals surface area contributed by atoms with Gasteiger partial charge in [0, 0.05) is 71.8 Å². The molecule has 0 bridgehead atoms. The highest BCUT2D eigenvalue weighted by molar-refractivity contribution is 5.85. The number of likely N-dealkylation sites (tertiary alicyclic amines) is 1. The average Bonchev–Trinajstić information content (AvgIpc) is 2.85. The van der Waals surface area contributed by atoms with E-state index in [1.807, 2.05) is 11.0 Å². The summed E-state index contributed by atoms with van der Waals surface area (Å²) in [6.07, 6.45) is 3.19. The molecule has 1 aromatic carbocycles. The molecule has 0 aliphatic carbocycles. The van der Waals surface area contributed by atoms with Crippen molar-refractivity contribution < 1.29 is 14.3 Å². The highest BCUT2D eigenvalue weighted by atomic mass is 16.5. The van der Waals surface area contributed by atoms with Crippen LogP contribution in [0.15, 0.2) is 35.3 Å². The Balaban J connectivity index is 1.43. The Bertz CT molecular complexity index is 699. The van der Waals surface area contributed by atoms with Crippen molar-refractivity contribution in [2.24, 2.45) is 4.99 Å². The van der Waals surface area contributed by atoms with Crippen LogP contribution in [0.3, 0.4) is 0 Å². The number of anilines is 1. The minimum absolute atomic E-state index is 0.101. The second-order valence-corrected chi connectivity index (χ2v) is 8.28. The maximum atomic E-state index is 12.8. The van der Waals surface area contributed by atoms with E-state index in [9.17, 15) is 4.79 Å². The number of nitrogens with zero attached hydrogens (tertiary/aromatic N) is 4. The number of para-hydroxylation sites is 1. The zero-order valence-electron chi connectivity index (χ0n) is 19.7. The fourth-order valence-electron chi connectivity index (χ4n) is 4.21. The number of ether oxygens (including phenoxy) is 2. The molecule has 2 fully saturated rings. The number of hydrogen-bond donors (Lipinski definition) is 1. The molecule has 2 heterocycles. The Hall–Kier alpha value is -2.32. The first-order valence-electron chi connectivity index (χ1n) is 11.9. The molecule has 8 nitrogen and oxygen atoms in total. The van der Waals surface area contributed by atoms with E-state index in [0.717, 1.165) is 84.2 Å². The number of carbonyl (C=O) groups excluding carboxylic acids is 1. The van der Waals surface area contributed by atoms with E-state index in [4.69, 9.17) is 9.47 Å². The number of rotatable bonds is 9. The lowest BCUT2D eigenvalue weighted by Crippen LogP contribution is -2.50. The van der Waals surface area contributed by atoms with Crippen molar-refractivity contribution in [3.8, 4) is 0 Å². The van der Waals surface area contributed by atoms with E-state index in [1.165, 1.54) is 5.69 Å². The lowest BCUT2D eigenvalue weighted by Gasteiger charge is -2.36. The van der Waals surface area contributed by atoms with Gasteiger partial charge in [-0.05, 0) is 38.3 Å². The van der Waals surface area contributed by atoms with Crippen LogP contribution in [0.5, 0.6) is 0 Å². The topological polar surface area (TPSA) is 69.6 Å². The molecule has 2 saturated heterocycles. The van der Waals surface area contributed by atoms with Crippen LogP contribution in [-0.2, 0) is 14.3 Å². The Morgan fingerprint density at radius 3 is 2.41 bits per heavy atom. The van der Waals surface area contributed by atoms with Gasteiger partial charge in [0.2, 0.25) is 5.91 Å². The molecule has 1 amide bonds. The molecule has 3 rings (SSSR count). The average molecular weight is 446 g/mol. The number of aliphatic imine (C=N–C) groups is 1. The summed E-state index contributed by atoms with van der Waals surface area (Å²) in [5.74, 6) is 0.936. The van der Waals surface area contributed by atoms with Crippen molar-refractivity contribution in [1.29, 1.82) is 0 Å². The van der Waals surface area contributed by atoms with Crippen LogP contribution in [0, 0.1) is 0 Å². The van der Waals surface area contributed by atoms with Crippen LogP contribution in [0.25, 0.3) is 0 Å². The monoisotopic (exact) mass is 445 g/mol. The zero-order valence-corrected chi connectivity index (χ0v) is 19.7. The summed E-state index contributed by atoms with van der Waals surface area (Å²) >= 11 is 0. The Morgan fingerprint density at radius 2 is 1.75 bits per heavy atom. The minimum Gasteiger partial charge on any atom is -0.385 e. The van der Waals surface area contributed by atoms with Crippen molar-refractivity contribution in [3.05, 3.63) is 30.3 Å². The van der Waals surface area contributed by atoms with Gasteiger partial charge in [-0.2, -0.15) is 0 Å². The number of carbonyl (C=O) groups is 1. The molecular weight excluding hydrogens is 406 g/mol. The maximum Gasteiger partial charge on any atom is 0.244 e. The van der Waals surface area contributed by atoms with Gasteiger partial charge in [0.25, 0.3) is 0 Å². The summed E-state index contributed by atoms with van der Waals surface area (Å²) in [4.78, 5) is 24.0. The second kappa shape index (κ2) is 13.3. The SMILES string of the molecule is CCNC(=NCC(=O)N1CCN(c2ccccc2)CC1)N1CCC(OCCCOC)CC1. The third-order valence-corrected chi connectivity index (χ3v) is 6.04. The van der Waals surface area contributed by atoms with Gasteiger partial charge in [-0.25, -0.2) is 4.99 Å². The van der Waals surface area contributed by atoms with Crippen LogP contribution in [-0.4, -0.2) is 100 Å². The summed E-state index contributed by atoms with van der Waals surface area (Å²) in [6.45, 7) is 9.52. The summed E-state index contributed by atoms with van der Waals surface area (Å²) < 4.78 is 11.0. The molecule has 2 aliphatic heterocycles. The molecule has 32 heavy (non-hydrogen) atoms. The number of hydrogen-bond acceptors (Lipinski definition) is 5. The van der Waals surface area contributed by atoms with Gasteiger partial charge in [0.1, 0.15) is 6.54 Å². The number of piperidine rings is 1. The third kappa shape index (κ3) is 7.38. The molecule has 0 saturated carbocycles. The van der Waals surface area contributed by atoms with Gasteiger partial charge >= 0.3 is 0 Å². The molecule has 1 aromatic rings. The fraction of sp³-hybridized carbons (Fsp3) is 0.667. The normalized spacial score (nSPS) is 18.2. The molecule has 8 heteroatoms. The second-order valence-electron chi connectivity index (χ2n) is 8.28. The number of piperazine rings is 1. The highest BCUT2D eigenvalue weighted by Crippen LogP contribution is 2.16. The molecule has 0 radical (unpaired) electrons. The van der Waals surface area contributed by atoms with Crippen molar-refractivity contribution in [3.63, 3.8) is 0 Å². The number of methoxy groups -OCH3 is 1. The first kappa shape index (κ1) is 24.3. The van der Waals surface area contributed by atoms with Gasteiger partial charge in [0.05, 0.1) is 6.10 Å². The number of amides is 1. The molecule has 0 spiro atoms. The van der Waals surface area contributed by atoms with Gasteiger partial charge in [0.15, 0.2) is 5.96 Å².